The number of halogens is 1. The molecule has 7 aromatic rings. The van der Waals surface area contributed by atoms with Crippen molar-refractivity contribution in [2.45, 2.75) is 52.2 Å². The van der Waals surface area contributed by atoms with Gasteiger partial charge in [0.05, 0.1) is 19.9 Å². The van der Waals surface area contributed by atoms with E-state index >= 15 is 0 Å². The Balaban J connectivity index is 0.905. The van der Waals surface area contributed by atoms with Crippen molar-refractivity contribution in [3.63, 3.8) is 0 Å². The van der Waals surface area contributed by atoms with Crippen molar-refractivity contribution in [2.75, 3.05) is 66.4 Å². The second kappa shape index (κ2) is 21.0. The van der Waals surface area contributed by atoms with Gasteiger partial charge in [0.15, 0.2) is 5.82 Å². The average molecular weight is 965 g/mol. The van der Waals surface area contributed by atoms with E-state index in [1.54, 1.807) is 31.6 Å². The van der Waals surface area contributed by atoms with Gasteiger partial charge in [0.25, 0.3) is 5.91 Å². The Hall–Kier alpha value is -6.51. The molecule has 4 heterocycles. The Morgan fingerprint density at radius 2 is 1.58 bits per heavy atom. The molecule has 9 rings (SSSR count). The fraction of sp³-hybridized carbons (Fsp3) is 0.309. The Morgan fingerprint density at radius 1 is 0.812 bits per heavy atom. The van der Waals surface area contributed by atoms with E-state index in [0.717, 1.165) is 112 Å². The number of anilines is 1. The molecule has 1 saturated heterocycles. The molecule has 0 aliphatic carbocycles. The van der Waals surface area contributed by atoms with E-state index in [1.807, 2.05) is 91.9 Å². The summed E-state index contributed by atoms with van der Waals surface area (Å²) in [6, 6.07) is 34.8. The van der Waals surface area contributed by atoms with Crippen LogP contribution in [0.15, 0.2) is 114 Å². The molecule has 0 radical (unpaired) electrons. The van der Waals surface area contributed by atoms with Crippen LogP contribution < -0.4 is 24.3 Å². The Kier molecular flexibility index (Phi) is 14.5. The molecule has 1 N–H and O–H groups in total. The normalized spacial score (nSPS) is 15.0. The smallest absolute Gasteiger partial charge is 0.255 e. The maximum absolute atomic E-state index is 13.6. The van der Waals surface area contributed by atoms with E-state index in [2.05, 4.69) is 70.9 Å². The van der Waals surface area contributed by atoms with Gasteiger partial charge in [-0.05, 0) is 138 Å². The molecule has 1 unspecified atom stereocenters. The summed E-state index contributed by atoms with van der Waals surface area (Å²) in [4.78, 5) is 25.0. The number of hydrogen-bond donors (Lipinski definition) is 1. The number of aromatic nitrogens is 3. The summed E-state index contributed by atoms with van der Waals surface area (Å²) in [5, 5.41) is 14.1. The lowest BCUT2D eigenvalue weighted by Gasteiger charge is -2.29. The van der Waals surface area contributed by atoms with Gasteiger partial charge in [-0.3, -0.25) is 14.4 Å². The van der Waals surface area contributed by atoms with Gasteiger partial charge in [-0.2, -0.15) is 0 Å². The second-order valence-corrected chi connectivity index (χ2v) is 19.4. The van der Waals surface area contributed by atoms with Crippen molar-refractivity contribution >= 4 is 40.2 Å². The number of likely N-dealkylation sites (tertiary alicyclic amines) is 1. The number of nitrogens with zero attached hydrogens (tertiary/aromatic N) is 6. The molecule has 0 bridgehead atoms. The highest BCUT2D eigenvalue weighted by Crippen LogP contribution is 2.41. The van der Waals surface area contributed by atoms with Gasteiger partial charge in [-0.15, -0.1) is 21.5 Å². The highest BCUT2D eigenvalue weighted by molar-refractivity contribution is 7.15. The van der Waals surface area contributed by atoms with Crippen LogP contribution in [-0.4, -0.2) is 103 Å². The number of rotatable bonds is 16. The fourth-order valence-electron chi connectivity index (χ4n) is 8.99. The van der Waals surface area contributed by atoms with Gasteiger partial charge >= 0.3 is 0 Å². The first kappa shape index (κ1) is 47.6. The van der Waals surface area contributed by atoms with Gasteiger partial charge in [0.1, 0.15) is 52.6 Å². The molecule has 356 valence electrons. The number of ether oxygens (including phenoxy) is 4. The maximum atomic E-state index is 13.6. The predicted octanol–water partition coefficient (Wildman–Crippen LogP) is 11.3. The van der Waals surface area contributed by atoms with Crippen LogP contribution in [0.4, 0.5) is 5.69 Å². The molecular weight excluding hydrogens is 906 g/mol. The van der Waals surface area contributed by atoms with E-state index < -0.39 is 0 Å². The Morgan fingerprint density at radius 3 is 2.33 bits per heavy atom. The first-order valence-electron chi connectivity index (χ1n) is 23.4. The van der Waals surface area contributed by atoms with Crippen LogP contribution in [0.1, 0.15) is 68.9 Å². The number of piperidine rings is 1. The SMILES string of the molecule is COc1cccc(-c2cc(C(=O)Nc3ccc(-c4ccc(OC5CCN(C)CC5)cc4OCCN(C)CCC4N=C(c5ccc(Cl)cc5)c5c(sc(C)c5C)-n5c(C)nnc54)cc3)ccc2OC)c1. The van der Waals surface area contributed by atoms with Crippen LogP contribution in [0, 0.1) is 20.8 Å². The third-order valence-corrected chi connectivity index (χ3v) is 14.5. The largest absolute Gasteiger partial charge is 0.497 e. The number of nitrogens with one attached hydrogen (secondary N) is 1. The lowest BCUT2D eigenvalue weighted by molar-refractivity contribution is 0.102. The molecule has 2 aliphatic heterocycles. The zero-order chi connectivity index (χ0) is 48.2. The van der Waals surface area contributed by atoms with Crippen LogP contribution >= 0.6 is 22.9 Å². The van der Waals surface area contributed by atoms with E-state index in [1.165, 1.54) is 10.4 Å². The molecule has 69 heavy (non-hydrogen) atoms. The van der Waals surface area contributed by atoms with Gasteiger partial charge in [-0.1, -0.05) is 48.0 Å². The highest BCUT2D eigenvalue weighted by atomic mass is 35.5. The predicted molar refractivity (Wildman–Crippen MR) is 277 cm³/mol. The molecule has 2 aromatic heterocycles. The van der Waals surface area contributed by atoms with Crippen LogP contribution in [0.2, 0.25) is 5.02 Å². The minimum atomic E-state index is -0.232. The van der Waals surface area contributed by atoms with E-state index in [0.29, 0.717) is 35.2 Å². The van der Waals surface area contributed by atoms with Crippen LogP contribution in [0.25, 0.3) is 27.3 Å². The second-order valence-electron chi connectivity index (χ2n) is 17.8. The zero-order valence-corrected chi connectivity index (χ0v) is 41.8. The number of aryl methyl sites for hydroxylation is 2. The number of hydrogen-bond acceptors (Lipinski definition) is 11. The first-order valence-corrected chi connectivity index (χ1v) is 24.6. The van der Waals surface area contributed by atoms with Crippen molar-refractivity contribution in [1.82, 2.24) is 24.6 Å². The molecular formula is C55H58ClN7O5S. The number of carbonyl (C=O) groups excluding carboxylic acids is 1. The Bertz CT molecular complexity index is 2980. The van der Waals surface area contributed by atoms with Crippen LogP contribution in [0.5, 0.6) is 23.0 Å². The lowest BCUT2D eigenvalue weighted by atomic mass is 9.99. The number of aliphatic imine (C=N–C) groups is 1. The number of methoxy groups -OCH3 is 2. The third-order valence-electron chi connectivity index (χ3n) is 13.1. The number of likely N-dealkylation sites (N-methyl/N-ethyl adjacent to an activating group) is 1. The minimum Gasteiger partial charge on any atom is -0.497 e. The summed E-state index contributed by atoms with van der Waals surface area (Å²) in [6.07, 6.45) is 2.82. The lowest BCUT2D eigenvalue weighted by Crippen LogP contribution is -2.35. The van der Waals surface area contributed by atoms with Crippen LogP contribution in [0.3, 0.4) is 0 Å². The maximum Gasteiger partial charge on any atom is 0.255 e. The van der Waals surface area contributed by atoms with Crippen molar-refractivity contribution in [3.8, 4) is 50.3 Å². The van der Waals surface area contributed by atoms with Gasteiger partial charge in [0.2, 0.25) is 0 Å². The molecule has 1 amide bonds. The number of amides is 1. The van der Waals surface area contributed by atoms with E-state index in [-0.39, 0.29) is 18.1 Å². The molecule has 1 atom stereocenters. The van der Waals surface area contributed by atoms with Crippen LogP contribution in [-0.2, 0) is 0 Å². The number of benzene rings is 5. The van der Waals surface area contributed by atoms with E-state index in [9.17, 15) is 4.79 Å². The topological polar surface area (TPSA) is 116 Å². The minimum absolute atomic E-state index is 0.145. The van der Waals surface area contributed by atoms with E-state index in [4.69, 9.17) is 40.6 Å². The summed E-state index contributed by atoms with van der Waals surface area (Å²) in [6.45, 7) is 10.2. The van der Waals surface area contributed by atoms with Crippen molar-refractivity contribution in [1.29, 1.82) is 0 Å². The summed E-state index contributed by atoms with van der Waals surface area (Å²) in [5.74, 6) is 4.36. The molecule has 5 aromatic carbocycles. The van der Waals surface area contributed by atoms with Gasteiger partial charge in [0, 0.05) is 75.6 Å². The summed E-state index contributed by atoms with van der Waals surface area (Å²) in [7, 11) is 7.52. The standard InChI is InChI=1S/C55H58ClN7O5S/c1-34-35(2)69-55-51(34)52(38-11-16-41(56)17-12-38)58-48(53-60-59-36(3)63(53)55)25-28-62(5)29-30-67-50-33-45(68-43-23-26-61(4)27-24-43)20-21-46(50)37-13-18-42(19-14-37)57-54(64)40-15-22-49(66-7)47(32-40)39-9-8-10-44(31-39)65-6/h8-22,31-33,43,48H,23-30H2,1-7H3,(H,57,64). The number of thiophene rings is 1. The molecule has 12 nitrogen and oxygen atoms in total. The zero-order valence-electron chi connectivity index (χ0n) is 40.2. The van der Waals surface area contributed by atoms with Gasteiger partial charge in [-0.25, -0.2) is 0 Å². The number of fused-ring (bicyclic) bond motifs is 3. The summed E-state index contributed by atoms with van der Waals surface area (Å²) < 4.78 is 26.5. The monoisotopic (exact) mass is 963 g/mol. The molecule has 1 fully saturated rings. The third kappa shape index (κ3) is 10.6. The quantitative estimate of drug-likeness (QED) is 0.101. The summed E-state index contributed by atoms with van der Waals surface area (Å²) in [5.41, 5.74) is 9.04. The Labute approximate surface area is 413 Å². The van der Waals surface area contributed by atoms with Crippen molar-refractivity contribution in [3.05, 3.63) is 153 Å². The fourth-order valence-corrected chi connectivity index (χ4v) is 10.3. The van der Waals surface area contributed by atoms with Crippen molar-refractivity contribution < 1.29 is 23.7 Å². The molecule has 0 spiro atoms. The number of carbonyl (C=O) groups is 1. The molecule has 14 heteroatoms. The average Bonchev–Trinajstić information content (AvgIpc) is 3.84. The first-order chi connectivity index (χ1) is 33.5. The molecule has 0 saturated carbocycles. The molecule has 2 aliphatic rings. The highest BCUT2D eigenvalue weighted by Gasteiger charge is 2.31. The summed E-state index contributed by atoms with van der Waals surface area (Å²) >= 11 is 8.11. The van der Waals surface area contributed by atoms with Gasteiger partial charge < -0.3 is 34.1 Å². The van der Waals surface area contributed by atoms with Crippen molar-refractivity contribution in [2.24, 2.45) is 4.99 Å².